The topological polar surface area (TPSA) is 80.4 Å². The normalized spacial score (nSPS) is 8.67. The van der Waals surface area contributed by atoms with Crippen molar-refractivity contribution in [2.45, 2.75) is 20.3 Å². The summed E-state index contributed by atoms with van der Waals surface area (Å²) in [6.45, 7) is 3.56. The minimum atomic E-state index is -0.745. The van der Waals surface area contributed by atoms with Crippen molar-refractivity contribution in [1.82, 2.24) is 0 Å². The standard InChI is InChI=1S/C8H9NO.C3H6O2/c1-6-2-4-7(5-3-6)8(9)10;1-2-3(4)5/h2-5H,1H3,(H2,9,10);2H2,1H3,(H,4,5). The summed E-state index contributed by atoms with van der Waals surface area (Å²) in [7, 11) is 0. The van der Waals surface area contributed by atoms with Crippen LogP contribution in [0.15, 0.2) is 24.3 Å². The summed E-state index contributed by atoms with van der Waals surface area (Å²) in [4.78, 5) is 19.9. The van der Waals surface area contributed by atoms with Crippen LogP contribution in [-0.2, 0) is 4.79 Å². The molecule has 0 aromatic heterocycles. The van der Waals surface area contributed by atoms with Gasteiger partial charge in [0.2, 0.25) is 5.91 Å². The molecule has 0 radical (unpaired) electrons. The van der Waals surface area contributed by atoms with Gasteiger partial charge in [-0.25, -0.2) is 0 Å². The number of hydrogen-bond donors (Lipinski definition) is 2. The number of carbonyl (C=O) groups excluding carboxylic acids is 1. The summed E-state index contributed by atoms with van der Waals surface area (Å²) in [6, 6.07) is 7.16. The van der Waals surface area contributed by atoms with Crippen LogP contribution >= 0.6 is 0 Å². The molecule has 0 bridgehead atoms. The predicted octanol–water partition coefficient (Wildman–Crippen LogP) is 1.57. The van der Waals surface area contributed by atoms with Gasteiger partial charge in [-0.05, 0) is 19.1 Å². The zero-order valence-corrected chi connectivity index (χ0v) is 8.86. The molecule has 0 aliphatic rings. The van der Waals surface area contributed by atoms with Crippen molar-refractivity contribution in [3.05, 3.63) is 35.4 Å². The Morgan fingerprint density at radius 2 is 1.67 bits per heavy atom. The molecule has 0 saturated carbocycles. The summed E-state index contributed by atoms with van der Waals surface area (Å²) in [5, 5.41) is 7.72. The third kappa shape index (κ3) is 6.26. The monoisotopic (exact) mass is 209 g/mol. The van der Waals surface area contributed by atoms with Crippen LogP contribution in [0.25, 0.3) is 0 Å². The molecule has 1 amide bonds. The lowest BCUT2D eigenvalue weighted by atomic mass is 10.1. The fraction of sp³-hybridized carbons (Fsp3) is 0.273. The third-order valence-corrected chi connectivity index (χ3v) is 1.64. The van der Waals surface area contributed by atoms with Gasteiger partial charge in [-0.2, -0.15) is 0 Å². The Morgan fingerprint density at radius 3 is 1.93 bits per heavy atom. The zero-order chi connectivity index (χ0) is 11.8. The zero-order valence-electron chi connectivity index (χ0n) is 8.86. The number of rotatable bonds is 2. The summed E-state index contributed by atoms with van der Waals surface area (Å²) in [5.41, 5.74) is 6.72. The van der Waals surface area contributed by atoms with Gasteiger partial charge >= 0.3 is 5.97 Å². The highest BCUT2D eigenvalue weighted by Crippen LogP contribution is 2.00. The number of carbonyl (C=O) groups is 2. The van der Waals surface area contributed by atoms with E-state index < -0.39 is 5.97 Å². The first kappa shape index (κ1) is 13.2. The Labute approximate surface area is 88.7 Å². The summed E-state index contributed by atoms with van der Waals surface area (Å²) < 4.78 is 0. The van der Waals surface area contributed by atoms with E-state index in [1.54, 1.807) is 19.1 Å². The van der Waals surface area contributed by atoms with Crippen molar-refractivity contribution < 1.29 is 14.7 Å². The van der Waals surface area contributed by atoms with Crippen LogP contribution in [-0.4, -0.2) is 17.0 Å². The molecule has 0 unspecified atom stereocenters. The van der Waals surface area contributed by atoms with E-state index in [9.17, 15) is 9.59 Å². The van der Waals surface area contributed by atoms with E-state index in [1.807, 2.05) is 19.1 Å². The van der Waals surface area contributed by atoms with Crippen molar-refractivity contribution in [3.63, 3.8) is 0 Å². The van der Waals surface area contributed by atoms with Gasteiger partial charge in [-0.1, -0.05) is 24.6 Å². The fourth-order valence-corrected chi connectivity index (χ4v) is 0.718. The first-order valence-electron chi connectivity index (χ1n) is 4.55. The van der Waals surface area contributed by atoms with E-state index in [4.69, 9.17) is 10.8 Å². The summed E-state index contributed by atoms with van der Waals surface area (Å²) in [6.07, 6.45) is 0.222. The molecule has 1 aromatic carbocycles. The van der Waals surface area contributed by atoms with Crippen molar-refractivity contribution in [2.24, 2.45) is 5.73 Å². The molecule has 0 aliphatic heterocycles. The van der Waals surface area contributed by atoms with Gasteiger partial charge in [0.05, 0.1) is 0 Å². The van der Waals surface area contributed by atoms with Crippen LogP contribution in [0.2, 0.25) is 0 Å². The summed E-state index contributed by atoms with van der Waals surface area (Å²) >= 11 is 0. The van der Waals surface area contributed by atoms with Crippen LogP contribution in [0.1, 0.15) is 29.3 Å². The SMILES string of the molecule is CCC(=O)O.Cc1ccc(C(N)=O)cc1. The quantitative estimate of drug-likeness (QED) is 0.775. The first-order chi connectivity index (χ1) is 6.97. The molecule has 4 nitrogen and oxygen atoms in total. The molecule has 0 atom stereocenters. The molecule has 0 aliphatic carbocycles. The van der Waals surface area contributed by atoms with E-state index in [0.29, 0.717) is 5.56 Å². The lowest BCUT2D eigenvalue weighted by Crippen LogP contribution is -2.10. The number of amides is 1. The molecule has 0 saturated heterocycles. The minimum absolute atomic E-state index is 0.222. The Bertz CT molecular complexity index is 330. The highest BCUT2D eigenvalue weighted by molar-refractivity contribution is 5.92. The number of nitrogens with two attached hydrogens (primary N) is 1. The van der Waals surface area contributed by atoms with E-state index in [2.05, 4.69) is 0 Å². The maximum atomic E-state index is 10.5. The van der Waals surface area contributed by atoms with Gasteiger partial charge in [-0.3, -0.25) is 9.59 Å². The Kier molecular flexibility index (Phi) is 5.78. The second-order valence-corrected chi connectivity index (χ2v) is 2.98. The largest absolute Gasteiger partial charge is 0.481 e. The smallest absolute Gasteiger partial charge is 0.303 e. The molecule has 1 aromatic rings. The van der Waals surface area contributed by atoms with Gasteiger partial charge in [0.25, 0.3) is 0 Å². The van der Waals surface area contributed by atoms with Crippen molar-refractivity contribution >= 4 is 11.9 Å². The first-order valence-corrected chi connectivity index (χ1v) is 4.55. The number of aryl methyl sites for hydroxylation is 1. The molecule has 0 fully saturated rings. The van der Waals surface area contributed by atoms with E-state index in [0.717, 1.165) is 5.56 Å². The van der Waals surface area contributed by atoms with Crippen LogP contribution in [0.5, 0.6) is 0 Å². The van der Waals surface area contributed by atoms with Gasteiger partial charge in [-0.15, -0.1) is 0 Å². The van der Waals surface area contributed by atoms with Crippen molar-refractivity contribution in [3.8, 4) is 0 Å². The minimum Gasteiger partial charge on any atom is -0.481 e. The number of primary amides is 1. The average Bonchev–Trinajstić information content (AvgIpc) is 2.19. The number of aliphatic carboxylic acids is 1. The maximum absolute atomic E-state index is 10.5. The van der Waals surface area contributed by atoms with Gasteiger partial charge < -0.3 is 10.8 Å². The fourth-order valence-electron chi connectivity index (χ4n) is 0.718. The highest BCUT2D eigenvalue weighted by atomic mass is 16.4. The van der Waals surface area contributed by atoms with E-state index in [-0.39, 0.29) is 12.3 Å². The Morgan fingerprint density at radius 1 is 1.27 bits per heavy atom. The number of benzene rings is 1. The Balaban J connectivity index is 0.000000336. The van der Waals surface area contributed by atoms with E-state index in [1.165, 1.54) is 0 Å². The molecule has 4 heteroatoms. The molecule has 1 rings (SSSR count). The van der Waals surface area contributed by atoms with Crippen LogP contribution < -0.4 is 5.73 Å². The molecule has 15 heavy (non-hydrogen) atoms. The number of carboxylic acid groups (broad SMARTS) is 1. The lowest BCUT2D eigenvalue weighted by molar-refractivity contribution is -0.136. The molecule has 0 heterocycles. The number of hydrogen-bond acceptors (Lipinski definition) is 2. The Hall–Kier alpha value is -1.84. The van der Waals surface area contributed by atoms with Gasteiger partial charge in [0.1, 0.15) is 0 Å². The maximum Gasteiger partial charge on any atom is 0.303 e. The molecule has 0 spiro atoms. The molecule has 3 N–H and O–H groups in total. The predicted molar refractivity (Wildman–Crippen MR) is 57.6 cm³/mol. The van der Waals surface area contributed by atoms with E-state index >= 15 is 0 Å². The summed E-state index contributed by atoms with van der Waals surface area (Å²) in [5.74, 6) is -1.12. The second-order valence-electron chi connectivity index (χ2n) is 2.98. The third-order valence-electron chi connectivity index (χ3n) is 1.64. The van der Waals surface area contributed by atoms with Gasteiger partial charge in [0, 0.05) is 12.0 Å². The van der Waals surface area contributed by atoms with Crippen LogP contribution in [0, 0.1) is 6.92 Å². The van der Waals surface area contributed by atoms with Crippen molar-refractivity contribution in [1.29, 1.82) is 0 Å². The van der Waals surface area contributed by atoms with Crippen LogP contribution in [0.4, 0.5) is 0 Å². The molecular weight excluding hydrogens is 194 g/mol. The number of carboxylic acids is 1. The lowest BCUT2D eigenvalue weighted by Gasteiger charge is -1.93. The average molecular weight is 209 g/mol. The second kappa shape index (κ2) is 6.59. The highest BCUT2D eigenvalue weighted by Gasteiger charge is 1.95. The molecule has 82 valence electrons. The molecular formula is C11H15NO3. The van der Waals surface area contributed by atoms with Gasteiger partial charge in [0.15, 0.2) is 0 Å². The van der Waals surface area contributed by atoms with Crippen molar-refractivity contribution in [2.75, 3.05) is 0 Å². The van der Waals surface area contributed by atoms with Crippen LogP contribution in [0.3, 0.4) is 0 Å².